The molecule has 0 unspecified atom stereocenters. The highest BCUT2D eigenvalue weighted by molar-refractivity contribution is 5.50. The first-order valence-corrected chi connectivity index (χ1v) is 6.09. The van der Waals surface area contributed by atoms with E-state index in [9.17, 15) is 0 Å². The summed E-state index contributed by atoms with van der Waals surface area (Å²) >= 11 is 0. The van der Waals surface area contributed by atoms with Crippen LogP contribution in [0, 0.1) is 0 Å². The zero-order valence-corrected chi connectivity index (χ0v) is 10.8. The van der Waals surface area contributed by atoms with E-state index in [-0.39, 0.29) is 0 Å². The third kappa shape index (κ3) is 2.22. The summed E-state index contributed by atoms with van der Waals surface area (Å²) in [5.41, 5.74) is 2.79. The van der Waals surface area contributed by atoms with E-state index in [1.165, 1.54) is 11.3 Å². The van der Waals surface area contributed by atoms with Crippen molar-refractivity contribution in [2.24, 2.45) is 0 Å². The normalized spacial score (nSPS) is 17.0. The first-order chi connectivity index (χ1) is 7.58. The summed E-state index contributed by atoms with van der Waals surface area (Å²) in [6.07, 6.45) is 0. The van der Waals surface area contributed by atoms with Gasteiger partial charge >= 0.3 is 0 Å². The lowest BCUT2D eigenvalue weighted by atomic mass is 10.0. The number of rotatable bonds is 3. The van der Waals surface area contributed by atoms with E-state index in [1.807, 2.05) is 0 Å². The molecule has 0 atom stereocenters. The van der Waals surface area contributed by atoms with Crippen LogP contribution in [0.25, 0.3) is 0 Å². The molecule has 0 aromatic heterocycles. The molecule has 0 amide bonds. The van der Waals surface area contributed by atoms with Gasteiger partial charge in [-0.05, 0) is 37.7 Å². The molecule has 0 bridgehead atoms. The lowest BCUT2D eigenvalue weighted by molar-refractivity contribution is 0.247. The number of benzene rings is 1. The Morgan fingerprint density at radius 2 is 1.69 bits per heavy atom. The molecule has 88 valence electrons. The average Bonchev–Trinajstić information content (AvgIpc) is 2.15. The number of anilines is 1. The van der Waals surface area contributed by atoms with Gasteiger partial charge < -0.3 is 9.80 Å². The molecule has 0 spiro atoms. The van der Waals surface area contributed by atoms with Gasteiger partial charge in [0.2, 0.25) is 0 Å². The molecule has 0 aliphatic carbocycles. The van der Waals surface area contributed by atoms with Gasteiger partial charge in [-0.15, -0.1) is 0 Å². The fourth-order valence-corrected chi connectivity index (χ4v) is 2.06. The van der Waals surface area contributed by atoms with E-state index in [0.717, 1.165) is 19.1 Å². The second kappa shape index (κ2) is 4.46. The van der Waals surface area contributed by atoms with Crippen molar-refractivity contribution in [3.63, 3.8) is 0 Å². The van der Waals surface area contributed by atoms with Crippen molar-refractivity contribution in [1.29, 1.82) is 0 Å². The molecule has 1 aromatic carbocycles. The van der Waals surface area contributed by atoms with Gasteiger partial charge in [0.1, 0.15) is 0 Å². The fourth-order valence-electron chi connectivity index (χ4n) is 2.06. The summed E-state index contributed by atoms with van der Waals surface area (Å²) in [5.74, 6) is 0.625. The minimum atomic E-state index is 0.625. The van der Waals surface area contributed by atoms with E-state index in [2.05, 4.69) is 62.0 Å². The highest BCUT2D eigenvalue weighted by Gasteiger charge is 2.28. The third-order valence-electron chi connectivity index (χ3n) is 3.52. The van der Waals surface area contributed by atoms with E-state index >= 15 is 0 Å². The van der Waals surface area contributed by atoms with Crippen molar-refractivity contribution in [2.75, 3.05) is 32.1 Å². The largest absolute Gasteiger partial charge is 0.368 e. The van der Waals surface area contributed by atoms with Crippen molar-refractivity contribution in [3.05, 3.63) is 29.8 Å². The number of hydrogen-bond acceptors (Lipinski definition) is 2. The molecule has 16 heavy (non-hydrogen) atoms. The Bertz CT molecular complexity index is 334. The van der Waals surface area contributed by atoms with Crippen molar-refractivity contribution >= 4 is 5.69 Å². The predicted molar refractivity (Wildman–Crippen MR) is 70.2 cm³/mol. The molecule has 1 saturated heterocycles. The van der Waals surface area contributed by atoms with Gasteiger partial charge in [-0.2, -0.15) is 0 Å². The van der Waals surface area contributed by atoms with Crippen molar-refractivity contribution < 1.29 is 0 Å². The molecule has 2 rings (SSSR count). The van der Waals surface area contributed by atoms with Crippen LogP contribution in [0.3, 0.4) is 0 Å². The Balaban J connectivity index is 1.97. The number of nitrogens with zero attached hydrogens (tertiary/aromatic N) is 2. The maximum Gasteiger partial charge on any atom is 0.0440 e. The molecule has 1 heterocycles. The van der Waals surface area contributed by atoms with Gasteiger partial charge in [-0.3, -0.25) is 0 Å². The Morgan fingerprint density at radius 3 is 2.12 bits per heavy atom. The van der Waals surface area contributed by atoms with Gasteiger partial charge in [0.05, 0.1) is 0 Å². The molecular weight excluding hydrogens is 196 g/mol. The smallest absolute Gasteiger partial charge is 0.0440 e. The minimum Gasteiger partial charge on any atom is -0.368 e. The summed E-state index contributed by atoms with van der Waals surface area (Å²) in [6.45, 7) is 6.80. The molecular formula is C14H22N2. The Labute approximate surface area is 98.9 Å². The molecule has 1 aromatic rings. The van der Waals surface area contributed by atoms with Crippen LogP contribution in [0.1, 0.15) is 25.3 Å². The maximum atomic E-state index is 2.44. The fraction of sp³-hybridized carbons (Fsp3) is 0.571. The van der Waals surface area contributed by atoms with Crippen LogP contribution in [0.2, 0.25) is 0 Å². The lowest BCUT2D eigenvalue weighted by Crippen LogP contribution is -2.57. The Morgan fingerprint density at radius 1 is 1.12 bits per heavy atom. The molecule has 2 nitrogen and oxygen atoms in total. The molecule has 0 N–H and O–H groups in total. The first-order valence-electron chi connectivity index (χ1n) is 6.09. The van der Waals surface area contributed by atoms with E-state index in [0.29, 0.717) is 5.92 Å². The average molecular weight is 218 g/mol. The lowest BCUT2D eigenvalue weighted by Gasteiger charge is -2.44. The Hall–Kier alpha value is -1.02. The molecule has 1 aliphatic rings. The maximum absolute atomic E-state index is 2.44. The van der Waals surface area contributed by atoms with E-state index < -0.39 is 0 Å². The van der Waals surface area contributed by atoms with Crippen molar-refractivity contribution in [1.82, 2.24) is 4.90 Å². The van der Waals surface area contributed by atoms with Crippen LogP contribution in [-0.4, -0.2) is 38.1 Å². The minimum absolute atomic E-state index is 0.625. The summed E-state index contributed by atoms with van der Waals surface area (Å²) < 4.78 is 0. The molecule has 1 fully saturated rings. The quantitative estimate of drug-likeness (QED) is 0.769. The van der Waals surface area contributed by atoms with Crippen LogP contribution in [0.15, 0.2) is 24.3 Å². The third-order valence-corrected chi connectivity index (χ3v) is 3.52. The van der Waals surface area contributed by atoms with Crippen LogP contribution >= 0.6 is 0 Å². The van der Waals surface area contributed by atoms with Gasteiger partial charge in [0.25, 0.3) is 0 Å². The van der Waals surface area contributed by atoms with Crippen LogP contribution in [-0.2, 0) is 0 Å². The molecule has 0 radical (unpaired) electrons. The van der Waals surface area contributed by atoms with Crippen molar-refractivity contribution in [2.45, 2.75) is 25.8 Å². The van der Waals surface area contributed by atoms with Crippen LogP contribution < -0.4 is 4.90 Å². The summed E-state index contributed by atoms with van der Waals surface area (Å²) in [6, 6.07) is 9.73. The topological polar surface area (TPSA) is 6.48 Å². The van der Waals surface area contributed by atoms with Gasteiger partial charge in [-0.25, -0.2) is 0 Å². The molecule has 0 saturated carbocycles. The summed E-state index contributed by atoms with van der Waals surface area (Å²) in [5, 5.41) is 0. The standard InChI is InChI=1S/C14H22N2/c1-11(2)12-5-7-13(8-6-12)16-9-14(10-16)15(3)4/h5-8,11,14H,9-10H2,1-4H3. The van der Waals surface area contributed by atoms with E-state index in [1.54, 1.807) is 0 Å². The molecule has 2 heteroatoms. The first kappa shape index (κ1) is 11.5. The molecule has 1 aliphatic heterocycles. The zero-order chi connectivity index (χ0) is 11.7. The second-order valence-corrected chi connectivity index (χ2v) is 5.27. The van der Waals surface area contributed by atoms with Crippen molar-refractivity contribution in [3.8, 4) is 0 Å². The van der Waals surface area contributed by atoms with Gasteiger partial charge in [0, 0.05) is 24.8 Å². The zero-order valence-electron chi connectivity index (χ0n) is 10.8. The van der Waals surface area contributed by atoms with Gasteiger partial charge in [0.15, 0.2) is 0 Å². The number of likely N-dealkylation sites (N-methyl/N-ethyl adjacent to an activating group) is 1. The Kier molecular flexibility index (Phi) is 3.20. The summed E-state index contributed by atoms with van der Waals surface area (Å²) in [4.78, 5) is 4.74. The van der Waals surface area contributed by atoms with Gasteiger partial charge in [-0.1, -0.05) is 26.0 Å². The SMILES string of the molecule is CC(C)c1ccc(N2CC(N(C)C)C2)cc1. The van der Waals surface area contributed by atoms with Crippen LogP contribution in [0.4, 0.5) is 5.69 Å². The monoisotopic (exact) mass is 218 g/mol. The van der Waals surface area contributed by atoms with E-state index in [4.69, 9.17) is 0 Å². The predicted octanol–water partition coefficient (Wildman–Crippen LogP) is 2.56. The highest BCUT2D eigenvalue weighted by atomic mass is 15.3. The second-order valence-electron chi connectivity index (χ2n) is 5.27. The highest BCUT2D eigenvalue weighted by Crippen LogP contribution is 2.24. The number of hydrogen-bond donors (Lipinski definition) is 0. The summed E-state index contributed by atoms with van der Waals surface area (Å²) in [7, 11) is 4.31. The van der Waals surface area contributed by atoms with Crippen LogP contribution in [0.5, 0.6) is 0 Å².